The number of piperidine rings is 1. The number of hydrogen-bond donors (Lipinski definition) is 1. The molecule has 1 N–H and O–H groups in total. The van der Waals surface area contributed by atoms with Crippen LogP contribution in [0.3, 0.4) is 0 Å². The first-order valence-corrected chi connectivity index (χ1v) is 8.48. The van der Waals surface area contributed by atoms with E-state index in [0.29, 0.717) is 6.04 Å². The second-order valence-electron chi connectivity index (χ2n) is 6.93. The van der Waals surface area contributed by atoms with Gasteiger partial charge in [-0.05, 0) is 62.4 Å². The summed E-state index contributed by atoms with van der Waals surface area (Å²) < 4.78 is 0. The summed E-state index contributed by atoms with van der Waals surface area (Å²) in [4.78, 5) is 7.00. The number of aliphatic hydroxyl groups is 1. The van der Waals surface area contributed by atoms with Crippen LogP contribution in [0.5, 0.6) is 0 Å². The largest absolute Gasteiger partial charge is 0.387 e. The summed E-state index contributed by atoms with van der Waals surface area (Å²) in [5, 5.41) is 12.2. The van der Waals surface area contributed by atoms with Crippen LogP contribution in [-0.2, 0) is 0 Å². The van der Waals surface area contributed by atoms with Crippen LogP contribution in [0.4, 0.5) is 0 Å². The number of fused-ring (bicyclic) bond motifs is 3. The van der Waals surface area contributed by atoms with Gasteiger partial charge < -0.3 is 5.11 Å². The first-order valence-electron chi connectivity index (χ1n) is 8.48. The zero-order valence-electron chi connectivity index (χ0n) is 13.4. The van der Waals surface area contributed by atoms with Crippen LogP contribution in [0.2, 0.25) is 0 Å². The van der Waals surface area contributed by atoms with Crippen LogP contribution in [0.15, 0.2) is 30.5 Å². The number of nitrogens with zero attached hydrogens (tertiary/aromatic N) is 2. The van der Waals surface area contributed by atoms with Crippen LogP contribution < -0.4 is 0 Å². The van der Waals surface area contributed by atoms with Crippen molar-refractivity contribution in [1.29, 1.82) is 0 Å². The van der Waals surface area contributed by atoms with Gasteiger partial charge in [0.25, 0.3) is 0 Å². The molecular weight excluding hydrogens is 272 g/mol. The summed E-state index contributed by atoms with van der Waals surface area (Å²) in [5.41, 5.74) is 3.24. The van der Waals surface area contributed by atoms with E-state index in [-0.39, 0.29) is 6.04 Å². The number of pyridine rings is 1. The third-order valence-corrected chi connectivity index (χ3v) is 5.73. The Hall–Kier alpha value is -1.45. The smallest absolute Gasteiger partial charge is 0.0952 e. The number of aryl methyl sites for hydroxylation is 1. The molecular formula is C19H24N2O. The number of hydrogen-bond acceptors (Lipinski definition) is 3. The van der Waals surface area contributed by atoms with E-state index in [2.05, 4.69) is 41.9 Å². The predicted molar refractivity (Wildman–Crippen MR) is 88.7 cm³/mol. The van der Waals surface area contributed by atoms with E-state index in [1.54, 1.807) is 0 Å². The lowest BCUT2D eigenvalue weighted by molar-refractivity contribution is 0.0594. The lowest BCUT2D eigenvalue weighted by Crippen LogP contribution is -2.38. The fourth-order valence-electron chi connectivity index (χ4n) is 4.70. The molecule has 22 heavy (non-hydrogen) atoms. The van der Waals surface area contributed by atoms with Crippen molar-refractivity contribution in [3.05, 3.63) is 41.6 Å². The normalized spacial score (nSPS) is 31.8. The summed E-state index contributed by atoms with van der Waals surface area (Å²) in [7, 11) is 0. The fraction of sp³-hybridized carbons (Fsp3) is 0.526. The van der Waals surface area contributed by atoms with Gasteiger partial charge in [-0.2, -0.15) is 0 Å². The van der Waals surface area contributed by atoms with E-state index in [4.69, 9.17) is 0 Å². The van der Waals surface area contributed by atoms with Gasteiger partial charge >= 0.3 is 0 Å². The molecule has 116 valence electrons. The third-order valence-electron chi connectivity index (χ3n) is 5.73. The van der Waals surface area contributed by atoms with Gasteiger partial charge in [-0.15, -0.1) is 0 Å². The molecule has 0 spiro atoms. The summed E-state index contributed by atoms with van der Waals surface area (Å²) in [5.74, 6) is 0.777. The minimum absolute atomic E-state index is 0.273. The molecule has 2 fully saturated rings. The van der Waals surface area contributed by atoms with E-state index in [9.17, 15) is 5.11 Å². The molecule has 3 nitrogen and oxygen atoms in total. The topological polar surface area (TPSA) is 36.4 Å². The highest BCUT2D eigenvalue weighted by Crippen LogP contribution is 2.45. The summed E-state index contributed by atoms with van der Waals surface area (Å²) >= 11 is 0. The molecule has 2 aliphatic rings. The third kappa shape index (κ3) is 2.07. The van der Waals surface area contributed by atoms with Crippen molar-refractivity contribution in [2.24, 2.45) is 5.92 Å². The van der Waals surface area contributed by atoms with Crippen LogP contribution in [0.1, 0.15) is 43.4 Å². The van der Waals surface area contributed by atoms with Crippen molar-refractivity contribution < 1.29 is 5.11 Å². The van der Waals surface area contributed by atoms with Gasteiger partial charge in [0, 0.05) is 23.7 Å². The van der Waals surface area contributed by atoms with Gasteiger partial charge in [-0.1, -0.05) is 18.6 Å². The minimum atomic E-state index is -0.411. The van der Waals surface area contributed by atoms with Crippen LogP contribution in [0.25, 0.3) is 10.9 Å². The van der Waals surface area contributed by atoms with Crippen LogP contribution in [-0.4, -0.2) is 33.6 Å². The molecule has 4 unspecified atom stereocenters. The Kier molecular flexibility index (Phi) is 3.43. The van der Waals surface area contributed by atoms with E-state index in [1.807, 2.05) is 12.3 Å². The summed E-state index contributed by atoms with van der Waals surface area (Å²) in [6.07, 6.45) is 5.06. The van der Waals surface area contributed by atoms with Gasteiger partial charge in [0.15, 0.2) is 0 Å². The Balaban J connectivity index is 1.72. The zero-order valence-corrected chi connectivity index (χ0v) is 13.4. The molecule has 2 aromatic rings. The maximum Gasteiger partial charge on any atom is 0.0952 e. The van der Waals surface area contributed by atoms with Crippen molar-refractivity contribution in [2.45, 2.75) is 51.3 Å². The first kappa shape index (κ1) is 14.2. The number of benzene rings is 1. The molecule has 2 saturated heterocycles. The van der Waals surface area contributed by atoms with Crippen LogP contribution >= 0.6 is 0 Å². The summed E-state index contributed by atoms with van der Waals surface area (Å²) in [6, 6.07) is 9.24. The highest BCUT2D eigenvalue weighted by atomic mass is 16.3. The van der Waals surface area contributed by atoms with Gasteiger partial charge in [0.1, 0.15) is 0 Å². The molecule has 0 aliphatic carbocycles. The van der Waals surface area contributed by atoms with E-state index in [0.717, 1.165) is 35.3 Å². The average molecular weight is 296 g/mol. The average Bonchev–Trinajstić information content (AvgIpc) is 3.10. The highest BCUT2D eigenvalue weighted by molar-refractivity contribution is 5.83. The molecule has 0 amide bonds. The monoisotopic (exact) mass is 296 g/mol. The molecule has 0 radical (unpaired) electrons. The van der Waals surface area contributed by atoms with Gasteiger partial charge in [0.2, 0.25) is 0 Å². The minimum Gasteiger partial charge on any atom is -0.387 e. The van der Waals surface area contributed by atoms with Crippen molar-refractivity contribution in [2.75, 3.05) is 6.54 Å². The Morgan fingerprint density at radius 1 is 1.36 bits per heavy atom. The molecule has 5 atom stereocenters. The van der Waals surface area contributed by atoms with Crippen molar-refractivity contribution in [3.63, 3.8) is 0 Å². The standard InChI is InChI=1S/C19H24N2O/c1-3-17-13-7-9-21(17)18(11-13)19(22)14-6-8-20-16-5-4-12(2)10-15(14)16/h4-6,8,10,13,17-19,22H,3,7,9,11H2,1-2H3/t13?,17?,18-,19?/m0/s1. The van der Waals surface area contributed by atoms with Gasteiger partial charge in [-0.25, -0.2) is 0 Å². The fourth-order valence-corrected chi connectivity index (χ4v) is 4.70. The zero-order chi connectivity index (χ0) is 15.3. The lowest BCUT2D eigenvalue weighted by Gasteiger charge is -2.31. The quantitative estimate of drug-likeness (QED) is 0.942. The molecule has 4 rings (SSSR count). The lowest BCUT2D eigenvalue weighted by atomic mass is 9.90. The molecule has 1 aromatic carbocycles. The molecule has 0 saturated carbocycles. The maximum absolute atomic E-state index is 11.1. The van der Waals surface area contributed by atoms with E-state index >= 15 is 0 Å². The molecule has 3 heterocycles. The first-order chi connectivity index (χ1) is 10.7. The Morgan fingerprint density at radius 3 is 3.00 bits per heavy atom. The molecule has 2 bridgehead atoms. The summed E-state index contributed by atoms with van der Waals surface area (Å²) in [6.45, 7) is 5.51. The van der Waals surface area contributed by atoms with Crippen LogP contribution in [0, 0.1) is 12.8 Å². The Morgan fingerprint density at radius 2 is 2.23 bits per heavy atom. The van der Waals surface area contributed by atoms with E-state index < -0.39 is 6.10 Å². The Bertz CT molecular complexity index is 699. The van der Waals surface area contributed by atoms with Gasteiger partial charge in [-0.3, -0.25) is 9.88 Å². The SMILES string of the molecule is CCC1C2CCN1[C@H](C(O)c1ccnc3ccc(C)cc13)C2. The number of aromatic nitrogens is 1. The van der Waals surface area contributed by atoms with Crippen molar-refractivity contribution in [3.8, 4) is 0 Å². The number of aliphatic hydroxyl groups excluding tert-OH is 1. The predicted octanol–water partition coefficient (Wildman–Crippen LogP) is 3.45. The molecule has 3 heteroatoms. The molecule has 2 aliphatic heterocycles. The maximum atomic E-state index is 11.1. The second-order valence-corrected chi connectivity index (χ2v) is 6.93. The highest BCUT2D eigenvalue weighted by Gasteiger charge is 2.47. The number of rotatable bonds is 3. The molecule has 1 aromatic heterocycles. The van der Waals surface area contributed by atoms with E-state index in [1.165, 1.54) is 18.4 Å². The Labute approximate surface area is 132 Å². The van der Waals surface area contributed by atoms with Gasteiger partial charge in [0.05, 0.1) is 11.6 Å². The van der Waals surface area contributed by atoms with Crippen molar-refractivity contribution >= 4 is 10.9 Å². The van der Waals surface area contributed by atoms with Crippen molar-refractivity contribution in [1.82, 2.24) is 9.88 Å². The second kappa shape index (κ2) is 5.32.